The Kier molecular flexibility index (Phi) is 3.57. The summed E-state index contributed by atoms with van der Waals surface area (Å²) in [6.07, 6.45) is 0. The number of aromatic nitrogens is 2. The van der Waals surface area contributed by atoms with Gasteiger partial charge in [0.1, 0.15) is 17.8 Å². The fourth-order valence-electron chi connectivity index (χ4n) is 2.07. The van der Waals surface area contributed by atoms with Crippen LogP contribution in [0.1, 0.15) is 20.8 Å². The number of hydrogen-bond acceptors (Lipinski definition) is 4. The number of rotatable bonds is 3. The van der Waals surface area contributed by atoms with Gasteiger partial charge in [0.2, 0.25) is 11.9 Å². The van der Waals surface area contributed by atoms with Crippen molar-refractivity contribution in [2.24, 2.45) is 0 Å². The van der Waals surface area contributed by atoms with Gasteiger partial charge in [0.05, 0.1) is 12.6 Å². The molecule has 0 atom stereocenters. The van der Waals surface area contributed by atoms with Crippen molar-refractivity contribution in [3.63, 3.8) is 0 Å². The van der Waals surface area contributed by atoms with E-state index in [-0.39, 0.29) is 18.0 Å². The number of para-hydroxylation sites is 1. The summed E-state index contributed by atoms with van der Waals surface area (Å²) in [6, 6.07) is 5.53. The molecule has 0 saturated heterocycles. The summed E-state index contributed by atoms with van der Waals surface area (Å²) in [4.78, 5) is 16.3. The van der Waals surface area contributed by atoms with E-state index in [0.717, 1.165) is 5.52 Å². The highest BCUT2D eigenvalue weighted by molar-refractivity contribution is 5.86. The summed E-state index contributed by atoms with van der Waals surface area (Å²) in [5.74, 6) is 0.837. The van der Waals surface area contributed by atoms with Crippen LogP contribution in [0.5, 0.6) is 5.75 Å². The summed E-state index contributed by atoms with van der Waals surface area (Å²) in [5, 5.41) is 2.90. The van der Waals surface area contributed by atoms with Crippen molar-refractivity contribution < 1.29 is 9.53 Å². The zero-order chi connectivity index (χ0) is 14.9. The molecule has 0 aliphatic carbocycles. The molecule has 20 heavy (non-hydrogen) atoms. The lowest BCUT2D eigenvalue weighted by Gasteiger charge is -2.20. The van der Waals surface area contributed by atoms with Crippen LogP contribution in [0.2, 0.25) is 0 Å². The number of amides is 1. The average Bonchev–Trinajstić information content (AvgIpc) is 2.63. The van der Waals surface area contributed by atoms with Crippen molar-refractivity contribution in [3.05, 3.63) is 18.2 Å². The number of benzene rings is 1. The second kappa shape index (κ2) is 5.03. The van der Waals surface area contributed by atoms with Gasteiger partial charge in [-0.2, -0.15) is 0 Å². The van der Waals surface area contributed by atoms with Gasteiger partial charge in [0, 0.05) is 5.54 Å². The quantitative estimate of drug-likeness (QED) is 0.891. The fraction of sp³-hybridized carbons (Fsp3) is 0.429. The lowest BCUT2D eigenvalue weighted by molar-refractivity contribution is -0.122. The largest absolute Gasteiger partial charge is 0.494 e. The number of imidazole rings is 1. The number of anilines is 1. The number of fused-ring (bicyclic) bond motifs is 1. The lowest BCUT2D eigenvalue weighted by Crippen LogP contribution is -2.42. The van der Waals surface area contributed by atoms with Gasteiger partial charge in [-0.1, -0.05) is 6.07 Å². The lowest BCUT2D eigenvalue weighted by atomic mass is 10.1. The standard InChI is InChI=1S/C14H20N4O2/c1-14(2,3)17-11(19)8-18-9-6-5-7-10(20-4)12(9)16-13(18)15/h5-7H,8H2,1-4H3,(H2,15,16)(H,17,19). The number of nitrogens with two attached hydrogens (primary N) is 1. The van der Waals surface area contributed by atoms with Crippen LogP contribution in [-0.4, -0.2) is 28.1 Å². The summed E-state index contributed by atoms with van der Waals surface area (Å²) in [7, 11) is 1.58. The third-order valence-electron chi connectivity index (χ3n) is 2.81. The molecule has 0 spiro atoms. The van der Waals surface area contributed by atoms with Crippen LogP contribution >= 0.6 is 0 Å². The van der Waals surface area contributed by atoms with E-state index in [0.29, 0.717) is 17.2 Å². The molecule has 1 amide bonds. The summed E-state index contributed by atoms with van der Waals surface area (Å²) < 4.78 is 6.93. The first-order valence-corrected chi connectivity index (χ1v) is 6.41. The molecule has 0 aliphatic rings. The maximum Gasteiger partial charge on any atom is 0.240 e. The molecule has 108 valence electrons. The van der Waals surface area contributed by atoms with Gasteiger partial charge in [0.15, 0.2) is 0 Å². The van der Waals surface area contributed by atoms with Crippen molar-refractivity contribution in [3.8, 4) is 5.75 Å². The highest BCUT2D eigenvalue weighted by Gasteiger charge is 2.17. The molecule has 6 nitrogen and oxygen atoms in total. The Morgan fingerprint density at radius 1 is 1.45 bits per heavy atom. The van der Waals surface area contributed by atoms with Crippen LogP contribution < -0.4 is 15.8 Å². The Morgan fingerprint density at radius 2 is 2.15 bits per heavy atom. The first-order chi connectivity index (χ1) is 9.31. The van der Waals surface area contributed by atoms with Gasteiger partial charge in [-0.25, -0.2) is 4.98 Å². The molecule has 0 bridgehead atoms. The van der Waals surface area contributed by atoms with E-state index in [9.17, 15) is 4.79 Å². The second-order valence-electron chi connectivity index (χ2n) is 5.68. The highest BCUT2D eigenvalue weighted by Crippen LogP contribution is 2.26. The number of nitrogens with one attached hydrogen (secondary N) is 1. The number of carbonyl (C=O) groups excluding carboxylic acids is 1. The van der Waals surface area contributed by atoms with E-state index >= 15 is 0 Å². The van der Waals surface area contributed by atoms with Gasteiger partial charge >= 0.3 is 0 Å². The summed E-state index contributed by atoms with van der Waals surface area (Å²) >= 11 is 0. The molecule has 3 N–H and O–H groups in total. The van der Waals surface area contributed by atoms with Crippen LogP contribution in [0, 0.1) is 0 Å². The highest BCUT2D eigenvalue weighted by atomic mass is 16.5. The van der Waals surface area contributed by atoms with E-state index in [4.69, 9.17) is 10.5 Å². The molecule has 1 heterocycles. The zero-order valence-corrected chi connectivity index (χ0v) is 12.2. The number of nitrogen functional groups attached to an aromatic ring is 1. The van der Waals surface area contributed by atoms with Crippen LogP contribution in [0.3, 0.4) is 0 Å². The second-order valence-corrected chi connectivity index (χ2v) is 5.68. The molecule has 1 aromatic heterocycles. The minimum atomic E-state index is -0.278. The first-order valence-electron chi connectivity index (χ1n) is 6.41. The fourth-order valence-corrected chi connectivity index (χ4v) is 2.07. The third kappa shape index (κ3) is 2.84. The van der Waals surface area contributed by atoms with E-state index < -0.39 is 0 Å². The van der Waals surface area contributed by atoms with Gasteiger partial charge in [-0.3, -0.25) is 4.79 Å². The maximum atomic E-state index is 12.0. The number of hydrogen-bond donors (Lipinski definition) is 2. The molecule has 0 saturated carbocycles. The van der Waals surface area contributed by atoms with Gasteiger partial charge < -0.3 is 20.4 Å². The topological polar surface area (TPSA) is 82.2 Å². The Labute approximate surface area is 117 Å². The van der Waals surface area contributed by atoms with Crippen molar-refractivity contribution in [1.29, 1.82) is 0 Å². The molecule has 0 unspecified atom stereocenters. The van der Waals surface area contributed by atoms with Crippen molar-refractivity contribution in [2.75, 3.05) is 12.8 Å². The van der Waals surface area contributed by atoms with Crippen LogP contribution in [0.15, 0.2) is 18.2 Å². The van der Waals surface area contributed by atoms with Gasteiger partial charge in [-0.15, -0.1) is 0 Å². The number of ether oxygens (including phenoxy) is 1. The van der Waals surface area contributed by atoms with Crippen LogP contribution in [0.25, 0.3) is 11.0 Å². The van der Waals surface area contributed by atoms with Crippen molar-refractivity contribution >= 4 is 22.9 Å². The molecule has 2 aromatic rings. The average molecular weight is 276 g/mol. The van der Waals surface area contributed by atoms with Crippen molar-refractivity contribution in [1.82, 2.24) is 14.9 Å². The molecular formula is C14H20N4O2. The Morgan fingerprint density at radius 3 is 2.75 bits per heavy atom. The van der Waals surface area contributed by atoms with Crippen LogP contribution in [-0.2, 0) is 11.3 Å². The number of carbonyl (C=O) groups is 1. The van der Waals surface area contributed by atoms with E-state index in [2.05, 4.69) is 10.3 Å². The van der Waals surface area contributed by atoms with Crippen LogP contribution in [0.4, 0.5) is 5.95 Å². The smallest absolute Gasteiger partial charge is 0.240 e. The molecular weight excluding hydrogens is 256 g/mol. The monoisotopic (exact) mass is 276 g/mol. The molecule has 2 rings (SSSR count). The first kappa shape index (κ1) is 14.2. The van der Waals surface area contributed by atoms with Crippen molar-refractivity contribution in [2.45, 2.75) is 32.9 Å². The molecule has 6 heteroatoms. The zero-order valence-electron chi connectivity index (χ0n) is 12.2. The van der Waals surface area contributed by atoms with E-state index in [1.807, 2.05) is 39.0 Å². The maximum absolute atomic E-state index is 12.0. The molecule has 0 aliphatic heterocycles. The van der Waals surface area contributed by atoms with E-state index in [1.165, 1.54) is 0 Å². The molecule has 0 radical (unpaired) electrons. The summed E-state index contributed by atoms with van der Waals surface area (Å²) in [5.41, 5.74) is 7.07. The minimum Gasteiger partial charge on any atom is -0.494 e. The molecule has 0 fully saturated rings. The van der Waals surface area contributed by atoms with E-state index in [1.54, 1.807) is 11.7 Å². The number of nitrogens with zero attached hydrogens (tertiary/aromatic N) is 2. The van der Waals surface area contributed by atoms with Gasteiger partial charge in [0.25, 0.3) is 0 Å². The Hall–Kier alpha value is -2.24. The minimum absolute atomic E-state index is 0.105. The van der Waals surface area contributed by atoms with Gasteiger partial charge in [-0.05, 0) is 32.9 Å². The number of methoxy groups -OCH3 is 1. The predicted molar refractivity (Wildman–Crippen MR) is 78.6 cm³/mol. The predicted octanol–water partition coefficient (Wildman–Crippen LogP) is 1.54. The SMILES string of the molecule is COc1cccc2c1nc(N)n2CC(=O)NC(C)(C)C. The summed E-state index contributed by atoms with van der Waals surface area (Å²) in [6.45, 7) is 5.93. The molecule has 1 aromatic carbocycles. The Balaban J connectivity index is 2.35. The Bertz CT molecular complexity index is 640. The normalized spacial score (nSPS) is 11.6. The third-order valence-corrected chi connectivity index (χ3v) is 2.81.